The van der Waals surface area contributed by atoms with Crippen LogP contribution in [0.2, 0.25) is 0 Å². The van der Waals surface area contributed by atoms with E-state index in [4.69, 9.17) is 20.4 Å². The van der Waals surface area contributed by atoms with E-state index in [1.165, 1.54) is 46.5 Å². The van der Waals surface area contributed by atoms with Crippen molar-refractivity contribution in [3.8, 4) is 0 Å². The highest BCUT2D eigenvalue weighted by molar-refractivity contribution is 5.99. The van der Waals surface area contributed by atoms with E-state index in [0.717, 1.165) is 0 Å². The molecule has 0 radical (unpaired) electrons. The molecule has 184 valence electrons. The van der Waals surface area contributed by atoms with Crippen LogP contribution in [0.4, 0.5) is 16.4 Å². The number of nitrogens with zero attached hydrogens (tertiary/aromatic N) is 4. The zero-order chi connectivity index (χ0) is 24.9. The molecule has 2 heterocycles. The fourth-order valence-corrected chi connectivity index (χ4v) is 2.93. The molecule has 0 aliphatic carbocycles. The van der Waals surface area contributed by atoms with Crippen LogP contribution in [0.3, 0.4) is 0 Å². The highest BCUT2D eigenvalue weighted by Crippen LogP contribution is 2.11. The maximum atomic E-state index is 12.4. The van der Waals surface area contributed by atoms with Crippen LogP contribution in [0.15, 0.2) is 36.7 Å². The molecular formula is C21H28N6O7. The number of urea groups is 1. The summed E-state index contributed by atoms with van der Waals surface area (Å²) >= 11 is 0. The van der Waals surface area contributed by atoms with Gasteiger partial charge in [-0.05, 0) is 24.3 Å². The van der Waals surface area contributed by atoms with Gasteiger partial charge in [-0.2, -0.15) is 0 Å². The van der Waals surface area contributed by atoms with Gasteiger partial charge < -0.3 is 30.2 Å². The van der Waals surface area contributed by atoms with Crippen molar-refractivity contribution in [3.63, 3.8) is 0 Å². The molecule has 0 spiro atoms. The molecule has 0 aromatic carbocycles. The Labute approximate surface area is 195 Å². The molecular weight excluding hydrogens is 448 g/mol. The van der Waals surface area contributed by atoms with Gasteiger partial charge in [0.25, 0.3) is 11.8 Å². The average Bonchev–Trinajstić information content (AvgIpc) is 2.84. The second-order valence-electron chi connectivity index (χ2n) is 6.92. The lowest BCUT2D eigenvalue weighted by atomic mass is 10.2. The monoisotopic (exact) mass is 476 g/mol. The van der Waals surface area contributed by atoms with Crippen LogP contribution in [-0.4, -0.2) is 111 Å². The summed E-state index contributed by atoms with van der Waals surface area (Å²) in [5, 5.41) is 41.2. The summed E-state index contributed by atoms with van der Waals surface area (Å²) in [4.78, 5) is 47.6. The Balaban J connectivity index is 1.95. The number of carbonyl (C=O) groups excluding carboxylic acids is 3. The number of pyridine rings is 2. The topological polar surface area (TPSA) is 188 Å². The summed E-state index contributed by atoms with van der Waals surface area (Å²) in [5.74, 6) is -0.496. The lowest BCUT2D eigenvalue weighted by Gasteiger charge is -2.20. The third-order valence-electron chi connectivity index (χ3n) is 4.56. The van der Waals surface area contributed by atoms with E-state index in [9.17, 15) is 14.4 Å². The second kappa shape index (κ2) is 13.8. The first-order valence-electron chi connectivity index (χ1n) is 10.5. The van der Waals surface area contributed by atoms with E-state index in [1.807, 2.05) is 0 Å². The smallest absolute Gasteiger partial charge is 0.326 e. The Morgan fingerprint density at radius 1 is 0.647 bits per heavy atom. The molecule has 13 heteroatoms. The lowest BCUT2D eigenvalue weighted by molar-refractivity contribution is 0.0680. The predicted octanol–water partition coefficient (Wildman–Crippen LogP) is -1.03. The molecule has 0 aliphatic heterocycles. The molecule has 2 aromatic heterocycles. The predicted molar refractivity (Wildman–Crippen MR) is 121 cm³/mol. The third-order valence-corrected chi connectivity index (χ3v) is 4.56. The minimum Gasteiger partial charge on any atom is -0.395 e. The molecule has 0 unspecified atom stereocenters. The van der Waals surface area contributed by atoms with Crippen molar-refractivity contribution < 1.29 is 34.8 Å². The molecule has 0 fully saturated rings. The fraction of sp³-hybridized carbons (Fsp3) is 0.381. The standard InChI is InChI=1S/C21H28N6O7/c28-9-5-26(6-10-29)19(32)15-1-3-17(22-13-15)24-21(34)25-18-4-2-16(14-23-18)20(33)27(7-11-30)8-12-31/h1-4,13-14,28-31H,5-12H2,(H2,22,23,24,25,34). The minimum absolute atomic E-state index is 0.0695. The van der Waals surface area contributed by atoms with Gasteiger partial charge in [0, 0.05) is 38.6 Å². The number of carbonyl (C=O) groups is 3. The molecule has 0 atom stereocenters. The van der Waals surface area contributed by atoms with Gasteiger partial charge in [0.1, 0.15) is 11.6 Å². The van der Waals surface area contributed by atoms with Gasteiger partial charge in [-0.15, -0.1) is 0 Å². The zero-order valence-corrected chi connectivity index (χ0v) is 18.4. The SMILES string of the molecule is O=C(Nc1ccc(C(=O)N(CCO)CCO)cn1)Nc1ccc(C(=O)N(CCO)CCO)cn1. The van der Waals surface area contributed by atoms with Crippen LogP contribution in [0.25, 0.3) is 0 Å². The van der Waals surface area contributed by atoms with Crippen molar-refractivity contribution in [2.45, 2.75) is 0 Å². The van der Waals surface area contributed by atoms with Gasteiger partial charge in [0.15, 0.2) is 0 Å². The van der Waals surface area contributed by atoms with Crippen LogP contribution in [0.1, 0.15) is 20.7 Å². The molecule has 13 nitrogen and oxygen atoms in total. The first-order valence-corrected chi connectivity index (χ1v) is 10.5. The molecule has 6 N–H and O–H groups in total. The molecule has 2 rings (SSSR count). The van der Waals surface area contributed by atoms with Crippen LogP contribution in [0.5, 0.6) is 0 Å². The number of anilines is 2. The van der Waals surface area contributed by atoms with Gasteiger partial charge in [-0.1, -0.05) is 0 Å². The van der Waals surface area contributed by atoms with E-state index >= 15 is 0 Å². The Bertz CT molecular complexity index is 852. The largest absolute Gasteiger partial charge is 0.395 e. The molecule has 34 heavy (non-hydrogen) atoms. The summed E-state index contributed by atoms with van der Waals surface area (Å²) in [6.07, 6.45) is 2.53. The average molecular weight is 476 g/mol. The lowest BCUT2D eigenvalue weighted by Crippen LogP contribution is -2.36. The Hall–Kier alpha value is -3.65. The number of rotatable bonds is 12. The van der Waals surface area contributed by atoms with Gasteiger partial charge in [-0.3, -0.25) is 20.2 Å². The van der Waals surface area contributed by atoms with Crippen LogP contribution < -0.4 is 10.6 Å². The van der Waals surface area contributed by atoms with Crippen molar-refractivity contribution in [2.24, 2.45) is 0 Å². The van der Waals surface area contributed by atoms with Crippen LogP contribution >= 0.6 is 0 Å². The van der Waals surface area contributed by atoms with Gasteiger partial charge in [0.05, 0.1) is 37.6 Å². The van der Waals surface area contributed by atoms with Crippen LogP contribution in [0, 0.1) is 0 Å². The molecule has 0 aliphatic rings. The Morgan fingerprint density at radius 2 is 1.00 bits per heavy atom. The third kappa shape index (κ3) is 7.74. The first-order chi connectivity index (χ1) is 16.4. The van der Waals surface area contributed by atoms with Crippen LogP contribution in [-0.2, 0) is 0 Å². The minimum atomic E-state index is -0.650. The number of aliphatic hydroxyl groups is 4. The summed E-state index contributed by atoms with van der Waals surface area (Å²) in [7, 11) is 0. The quantitative estimate of drug-likeness (QED) is 0.223. The summed E-state index contributed by atoms with van der Waals surface area (Å²) in [6.45, 7) is -0.699. The van der Waals surface area contributed by atoms with Crippen molar-refractivity contribution in [1.29, 1.82) is 0 Å². The highest BCUT2D eigenvalue weighted by atomic mass is 16.3. The fourth-order valence-electron chi connectivity index (χ4n) is 2.93. The normalized spacial score (nSPS) is 10.5. The molecule has 0 bridgehead atoms. The molecule has 0 saturated carbocycles. The Morgan fingerprint density at radius 3 is 1.26 bits per heavy atom. The number of aliphatic hydroxyl groups excluding tert-OH is 4. The molecule has 4 amide bonds. The van der Waals surface area contributed by atoms with Gasteiger partial charge in [0.2, 0.25) is 0 Å². The molecule has 0 saturated heterocycles. The Kier molecular flexibility index (Phi) is 10.8. The first kappa shape index (κ1) is 26.6. The summed E-state index contributed by atoms with van der Waals surface area (Å²) < 4.78 is 0. The summed E-state index contributed by atoms with van der Waals surface area (Å²) in [5.41, 5.74) is 0.456. The number of nitrogens with one attached hydrogen (secondary N) is 2. The van der Waals surface area contributed by atoms with E-state index in [1.54, 1.807) is 0 Å². The summed E-state index contributed by atoms with van der Waals surface area (Å²) in [6, 6.07) is 5.11. The highest BCUT2D eigenvalue weighted by Gasteiger charge is 2.17. The van der Waals surface area contributed by atoms with E-state index < -0.39 is 17.8 Å². The van der Waals surface area contributed by atoms with E-state index in [-0.39, 0.29) is 75.4 Å². The number of hydrogen-bond acceptors (Lipinski definition) is 9. The van der Waals surface area contributed by atoms with Crippen molar-refractivity contribution in [1.82, 2.24) is 19.8 Å². The van der Waals surface area contributed by atoms with E-state index in [0.29, 0.717) is 0 Å². The van der Waals surface area contributed by atoms with Gasteiger partial charge >= 0.3 is 6.03 Å². The number of amides is 4. The number of hydrogen-bond donors (Lipinski definition) is 6. The maximum absolute atomic E-state index is 12.4. The zero-order valence-electron chi connectivity index (χ0n) is 18.4. The van der Waals surface area contributed by atoms with Crippen molar-refractivity contribution in [3.05, 3.63) is 47.8 Å². The van der Waals surface area contributed by atoms with Crippen molar-refractivity contribution >= 4 is 29.5 Å². The molecule has 2 aromatic rings. The number of aromatic nitrogens is 2. The maximum Gasteiger partial charge on any atom is 0.326 e. The van der Waals surface area contributed by atoms with Crippen molar-refractivity contribution in [2.75, 3.05) is 63.2 Å². The van der Waals surface area contributed by atoms with Gasteiger partial charge in [-0.25, -0.2) is 14.8 Å². The van der Waals surface area contributed by atoms with E-state index in [2.05, 4.69) is 20.6 Å². The second-order valence-corrected chi connectivity index (χ2v) is 6.92.